The van der Waals surface area contributed by atoms with Crippen molar-refractivity contribution in [2.45, 2.75) is 5.16 Å². The highest BCUT2D eigenvalue weighted by Gasteiger charge is 2.17. The van der Waals surface area contributed by atoms with Gasteiger partial charge in [-0.1, -0.05) is 45.4 Å². The first kappa shape index (κ1) is 23.1. The van der Waals surface area contributed by atoms with Crippen LogP contribution in [0.1, 0.15) is 5.56 Å². The SMILES string of the molecule is O=C(CSc1nnc(-c2ccncc2)n1-c1ccc(Br)cc1)N/N=C/c1c(F)cccc1Cl. The van der Waals surface area contributed by atoms with Gasteiger partial charge in [0, 0.05) is 33.7 Å². The molecule has 0 aliphatic carbocycles. The van der Waals surface area contributed by atoms with Crippen molar-refractivity contribution < 1.29 is 9.18 Å². The zero-order chi connectivity index (χ0) is 23.2. The molecular weight excluding hydrogens is 531 g/mol. The number of rotatable bonds is 7. The molecule has 0 aliphatic heterocycles. The van der Waals surface area contributed by atoms with E-state index in [1.807, 2.05) is 41.0 Å². The number of hydrazone groups is 1. The number of halogens is 3. The third-order valence-electron chi connectivity index (χ3n) is 4.37. The number of thioether (sulfide) groups is 1. The Bertz CT molecular complexity index is 1280. The van der Waals surface area contributed by atoms with E-state index in [1.165, 1.54) is 30.1 Å². The van der Waals surface area contributed by atoms with Crippen molar-refractivity contribution in [3.8, 4) is 17.1 Å². The van der Waals surface area contributed by atoms with Crippen LogP contribution in [-0.2, 0) is 4.79 Å². The number of benzene rings is 2. The second-order valence-corrected chi connectivity index (χ2v) is 8.84. The fraction of sp³-hybridized carbons (Fsp3) is 0.0455. The summed E-state index contributed by atoms with van der Waals surface area (Å²) in [7, 11) is 0. The average molecular weight is 546 g/mol. The van der Waals surface area contributed by atoms with Gasteiger partial charge < -0.3 is 0 Å². The van der Waals surface area contributed by atoms with Crippen LogP contribution in [0.4, 0.5) is 4.39 Å². The van der Waals surface area contributed by atoms with Gasteiger partial charge in [0.1, 0.15) is 5.82 Å². The largest absolute Gasteiger partial charge is 0.272 e. The molecule has 2 aromatic heterocycles. The first-order chi connectivity index (χ1) is 16.0. The first-order valence-corrected chi connectivity index (χ1v) is 11.7. The van der Waals surface area contributed by atoms with E-state index in [0.717, 1.165) is 15.7 Å². The molecule has 2 aromatic carbocycles. The highest BCUT2D eigenvalue weighted by molar-refractivity contribution is 9.10. The lowest BCUT2D eigenvalue weighted by Gasteiger charge is -2.10. The molecule has 0 saturated carbocycles. The zero-order valence-corrected chi connectivity index (χ0v) is 20.0. The van der Waals surface area contributed by atoms with E-state index in [1.54, 1.807) is 18.5 Å². The maximum absolute atomic E-state index is 13.8. The van der Waals surface area contributed by atoms with E-state index in [0.29, 0.717) is 11.0 Å². The van der Waals surface area contributed by atoms with Gasteiger partial charge in [-0.25, -0.2) is 9.82 Å². The number of carbonyl (C=O) groups excluding carboxylic acids is 1. The van der Waals surface area contributed by atoms with Crippen LogP contribution in [0.3, 0.4) is 0 Å². The van der Waals surface area contributed by atoms with E-state index in [4.69, 9.17) is 11.6 Å². The van der Waals surface area contributed by atoms with E-state index < -0.39 is 5.82 Å². The Kier molecular flexibility index (Phi) is 7.48. The number of nitrogens with one attached hydrogen (secondary N) is 1. The number of carbonyl (C=O) groups is 1. The van der Waals surface area contributed by atoms with Crippen molar-refractivity contribution in [3.05, 3.63) is 87.9 Å². The average Bonchev–Trinajstić information content (AvgIpc) is 3.25. The number of nitrogens with zero attached hydrogens (tertiary/aromatic N) is 5. The van der Waals surface area contributed by atoms with Gasteiger partial charge in [-0.05, 0) is 48.5 Å². The minimum absolute atomic E-state index is 0.0212. The normalized spacial score (nSPS) is 11.1. The summed E-state index contributed by atoms with van der Waals surface area (Å²) >= 11 is 10.6. The van der Waals surface area contributed by atoms with E-state index in [-0.39, 0.29) is 22.2 Å². The zero-order valence-electron chi connectivity index (χ0n) is 16.8. The van der Waals surface area contributed by atoms with Crippen LogP contribution in [0.25, 0.3) is 17.1 Å². The molecule has 0 atom stereocenters. The third-order valence-corrected chi connectivity index (χ3v) is 6.16. The van der Waals surface area contributed by atoms with Gasteiger partial charge >= 0.3 is 0 Å². The quantitative estimate of drug-likeness (QED) is 0.198. The molecule has 7 nitrogen and oxygen atoms in total. The van der Waals surface area contributed by atoms with Gasteiger partial charge in [0.25, 0.3) is 5.91 Å². The van der Waals surface area contributed by atoms with Crippen LogP contribution in [0.15, 0.2) is 81.7 Å². The Labute approximate surface area is 206 Å². The molecule has 166 valence electrons. The molecule has 2 heterocycles. The van der Waals surface area contributed by atoms with Crippen LogP contribution in [-0.4, -0.2) is 37.6 Å². The Balaban J connectivity index is 1.51. The molecule has 1 amide bonds. The van der Waals surface area contributed by atoms with Gasteiger partial charge in [0.15, 0.2) is 11.0 Å². The van der Waals surface area contributed by atoms with Crippen molar-refractivity contribution >= 4 is 51.4 Å². The molecule has 0 spiro atoms. The Morgan fingerprint density at radius 1 is 1.15 bits per heavy atom. The molecule has 0 unspecified atom stereocenters. The number of pyridine rings is 1. The number of amides is 1. The molecule has 0 fully saturated rings. The lowest BCUT2D eigenvalue weighted by Crippen LogP contribution is -2.20. The van der Waals surface area contributed by atoms with Crippen LogP contribution in [0.2, 0.25) is 5.02 Å². The van der Waals surface area contributed by atoms with E-state index in [9.17, 15) is 9.18 Å². The highest BCUT2D eigenvalue weighted by Crippen LogP contribution is 2.28. The topological polar surface area (TPSA) is 85.1 Å². The number of aromatic nitrogens is 4. The predicted octanol–water partition coefficient (Wildman–Crippen LogP) is 5.13. The highest BCUT2D eigenvalue weighted by atomic mass is 79.9. The van der Waals surface area contributed by atoms with Crippen molar-refractivity contribution in [3.63, 3.8) is 0 Å². The summed E-state index contributed by atoms with van der Waals surface area (Å²) in [5, 5.41) is 13.1. The summed E-state index contributed by atoms with van der Waals surface area (Å²) in [6.07, 6.45) is 4.53. The first-order valence-electron chi connectivity index (χ1n) is 9.53. The van der Waals surface area contributed by atoms with Crippen LogP contribution >= 0.6 is 39.3 Å². The third kappa shape index (κ3) is 5.65. The van der Waals surface area contributed by atoms with Gasteiger partial charge in [-0.3, -0.25) is 14.3 Å². The van der Waals surface area contributed by atoms with Gasteiger partial charge in [-0.15, -0.1) is 10.2 Å². The predicted molar refractivity (Wildman–Crippen MR) is 130 cm³/mol. The van der Waals surface area contributed by atoms with Crippen LogP contribution in [0, 0.1) is 5.82 Å². The maximum Gasteiger partial charge on any atom is 0.250 e. The molecule has 0 aliphatic rings. The Hall–Kier alpha value is -3.08. The summed E-state index contributed by atoms with van der Waals surface area (Å²) in [5.74, 6) is -0.275. The minimum atomic E-state index is -0.527. The molecule has 33 heavy (non-hydrogen) atoms. The molecule has 0 bridgehead atoms. The van der Waals surface area contributed by atoms with Crippen LogP contribution < -0.4 is 5.43 Å². The molecule has 4 aromatic rings. The van der Waals surface area contributed by atoms with E-state index >= 15 is 0 Å². The summed E-state index contributed by atoms with van der Waals surface area (Å²) in [4.78, 5) is 16.3. The van der Waals surface area contributed by atoms with Crippen molar-refractivity contribution in [1.82, 2.24) is 25.2 Å². The monoisotopic (exact) mass is 544 g/mol. The second-order valence-electron chi connectivity index (χ2n) is 6.57. The van der Waals surface area contributed by atoms with Crippen molar-refractivity contribution in [2.75, 3.05) is 5.75 Å². The Morgan fingerprint density at radius 3 is 2.64 bits per heavy atom. The standard InChI is InChI=1S/C22H15BrClFN6OS/c23-15-4-6-16(7-5-15)31-21(14-8-10-26-11-9-14)29-30-22(31)33-13-20(32)28-27-12-17-18(24)2-1-3-19(17)25/h1-12H,13H2,(H,28,32)/b27-12+. The second kappa shape index (κ2) is 10.7. The molecular formula is C22H15BrClFN6OS. The Morgan fingerprint density at radius 2 is 1.91 bits per heavy atom. The van der Waals surface area contributed by atoms with Crippen molar-refractivity contribution in [2.24, 2.45) is 5.10 Å². The maximum atomic E-state index is 13.8. The van der Waals surface area contributed by atoms with Crippen molar-refractivity contribution in [1.29, 1.82) is 0 Å². The summed E-state index contributed by atoms with van der Waals surface area (Å²) in [6, 6.07) is 15.6. The summed E-state index contributed by atoms with van der Waals surface area (Å²) in [6.45, 7) is 0. The summed E-state index contributed by atoms with van der Waals surface area (Å²) in [5.41, 5.74) is 4.15. The summed E-state index contributed by atoms with van der Waals surface area (Å²) < 4.78 is 16.6. The fourth-order valence-corrected chi connectivity index (χ4v) is 4.06. The molecule has 1 N–H and O–H groups in total. The number of hydrogen-bond acceptors (Lipinski definition) is 6. The smallest absolute Gasteiger partial charge is 0.250 e. The van der Waals surface area contributed by atoms with Gasteiger partial charge in [0.05, 0.1) is 17.0 Å². The molecule has 11 heteroatoms. The van der Waals surface area contributed by atoms with Gasteiger partial charge in [0.2, 0.25) is 0 Å². The van der Waals surface area contributed by atoms with Gasteiger partial charge in [-0.2, -0.15) is 5.10 Å². The fourth-order valence-electron chi connectivity index (χ4n) is 2.84. The van der Waals surface area contributed by atoms with Crippen LogP contribution in [0.5, 0.6) is 0 Å². The minimum Gasteiger partial charge on any atom is -0.272 e. The molecule has 4 rings (SSSR count). The van der Waals surface area contributed by atoms with E-state index in [2.05, 4.69) is 41.6 Å². The molecule has 0 saturated heterocycles. The lowest BCUT2D eigenvalue weighted by molar-refractivity contribution is -0.118. The molecule has 0 radical (unpaired) electrons. The lowest BCUT2D eigenvalue weighted by atomic mass is 10.2. The number of hydrogen-bond donors (Lipinski definition) is 1.